The van der Waals surface area contributed by atoms with E-state index in [1.54, 1.807) is 36.4 Å². The Morgan fingerprint density at radius 1 is 1.19 bits per heavy atom. The summed E-state index contributed by atoms with van der Waals surface area (Å²) in [6.07, 6.45) is 0.580. The van der Waals surface area contributed by atoms with Crippen LogP contribution in [0.15, 0.2) is 48.5 Å². The number of halogens is 1. The summed E-state index contributed by atoms with van der Waals surface area (Å²) in [6, 6.07) is 14.2. The third kappa shape index (κ3) is 4.74. The van der Waals surface area contributed by atoms with E-state index in [1.165, 1.54) is 0 Å². The van der Waals surface area contributed by atoms with Crippen molar-refractivity contribution in [3.63, 3.8) is 0 Å². The van der Waals surface area contributed by atoms with Crippen LogP contribution >= 0.6 is 11.6 Å². The molecule has 0 aromatic heterocycles. The molecule has 2 N–H and O–H groups in total. The fourth-order valence-corrected chi connectivity index (χ4v) is 3.02. The van der Waals surface area contributed by atoms with Crippen LogP contribution in [0.1, 0.15) is 6.42 Å². The number of nitrogens with zero attached hydrogens (tertiary/aromatic N) is 1. The fraction of sp³-hybridized carbons (Fsp3) is 0.263. The van der Waals surface area contributed by atoms with Crippen molar-refractivity contribution >= 4 is 29.2 Å². The standard InChI is InChI=1S/C19H19ClN2O4/c20-16-3-1-2-4-17(16)26-15-7-5-14(6-8-15)21-18(23)12-22-10-9-13(11-22)19(24)25/h1-8,13H,9-12H2,(H,21,23)(H,24,25). The van der Waals surface area contributed by atoms with E-state index in [9.17, 15) is 9.59 Å². The molecule has 0 bridgehead atoms. The van der Waals surface area contributed by atoms with E-state index in [-0.39, 0.29) is 18.4 Å². The van der Waals surface area contributed by atoms with Gasteiger partial charge in [0.25, 0.3) is 0 Å². The van der Waals surface area contributed by atoms with Crippen molar-refractivity contribution in [3.05, 3.63) is 53.6 Å². The molecule has 26 heavy (non-hydrogen) atoms. The van der Waals surface area contributed by atoms with Gasteiger partial charge in [-0.2, -0.15) is 0 Å². The number of rotatable bonds is 6. The van der Waals surface area contributed by atoms with Crippen LogP contribution in [-0.2, 0) is 9.59 Å². The van der Waals surface area contributed by atoms with Gasteiger partial charge in [-0.05, 0) is 49.4 Å². The van der Waals surface area contributed by atoms with Crippen LogP contribution in [0.5, 0.6) is 11.5 Å². The molecular formula is C19H19ClN2O4. The third-order valence-electron chi connectivity index (χ3n) is 4.19. The van der Waals surface area contributed by atoms with Crippen molar-refractivity contribution in [2.75, 3.05) is 25.0 Å². The molecule has 1 amide bonds. The highest BCUT2D eigenvalue weighted by Gasteiger charge is 2.28. The molecule has 2 aromatic rings. The van der Waals surface area contributed by atoms with Crippen LogP contribution in [-0.4, -0.2) is 41.5 Å². The molecule has 0 radical (unpaired) electrons. The maximum absolute atomic E-state index is 12.1. The Morgan fingerprint density at radius 3 is 2.58 bits per heavy atom. The number of para-hydroxylation sites is 1. The average molecular weight is 375 g/mol. The monoisotopic (exact) mass is 374 g/mol. The number of carbonyl (C=O) groups is 2. The Hall–Kier alpha value is -2.57. The van der Waals surface area contributed by atoms with Crippen molar-refractivity contribution < 1.29 is 19.4 Å². The molecule has 0 saturated carbocycles. The molecule has 136 valence electrons. The molecule has 3 rings (SSSR count). The lowest BCUT2D eigenvalue weighted by molar-refractivity contribution is -0.141. The quantitative estimate of drug-likeness (QED) is 0.809. The third-order valence-corrected chi connectivity index (χ3v) is 4.50. The number of carboxylic acids is 1. The van der Waals surface area contributed by atoms with Crippen molar-refractivity contribution in [2.45, 2.75) is 6.42 Å². The van der Waals surface area contributed by atoms with Gasteiger partial charge in [0.05, 0.1) is 17.5 Å². The number of likely N-dealkylation sites (tertiary alicyclic amines) is 1. The minimum Gasteiger partial charge on any atom is -0.481 e. The highest BCUT2D eigenvalue weighted by Crippen LogP contribution is 2.29. The SMILES string of the molecule is O=C(CN1CCC(C(=O)O)C1)Nc1ccc(Oc2ccccc2Cl)cc1. The number of amides is 1. The lowest BCUT2D eigenvalue weighted by atomic mass is 10.1. The smallest absolute Gasteiger partial charge is 0.307 e. The Morgan fingerprint density at radius 2 is 1.92 bits per heavy atom. The molecule has 7 heteroatoms. The molecule has 2 aromatic carbocycles. The summed E-state index contributed by atoms with van der Waals surface area (Å²) >= 11 is 6.06. The predicted octanol–water partition coefficient (Wildman–Crippen LogP) is 3.48. The van der Waals surface area contributed by atoms with E-state index < -0.39 is 5.97 Å². The van der Waals surface area contributed by atoms with Crippen LogP contribution < -0.4 is 10.1 Å². The second-order valence-corrected chi connectivity index (χ2v) is 6.57. The maximum atomic E-state index is 12.1. The van der Waals surface area contributed by atoms with E-state index >= 15 is 0 Å². The summed E-state index contributed by atoms with van der Waals surface area (Å²) in [4.78, 5) is 24.9. The van der Waals surface area contributed by atoms with E-state index in [4.69, 9.17) is 21.4 Å². The summed E-state index contributed by atoms with van der Waals surface area (Å²) in [5.41, 5.74) is 0.649. The summed E-state index contributed by atoms with van der Waals surface area (Å²) < 4.78 is 5.70. The molecule has 1 unspecified atom stereocenters. The van der Waals surface area contributed by atoms with E-state index in [2.05, 4.69) is 5.32 Å². The molecule has 1 fully saturated rings. The van der Waals surface area contributed by atoms with Crippen LogP contribution in [0.4, 0.5) is 5.69 Å². The lowest BCUT2D eigenvalue weighted by Crippen LogP contribution is -2.32. The van der Waals surface area contributed by atoms with Crippen LogP contribution in [0.2, 0.25) is 5.02 Å². The minimum atomic E-state index is -0.804. The number of hydrogen-bond acceptors (Lipinski definition) is 4. The maximum Gasteiger partial charge on any atom is 0.307 e. The molecule has 1 aliphatic rings. The molecule has 1 heterocycles. The Balaban J connectivity index is 1.52. The second-order valence-electron chi connectivity index (χ2n) is 6.16. The first-order valence-corrected chi connectivity index (χ1v) is 8.66. The largest absolute Gasteiger partial charge is 0.481 e. The highest BCUT2D eigenvalue weighted by molar-refractivity contribution is 6.32. The topological polar surface area (TPSA) is 78.9 Å². The van der Waals surface area contributed by atoms with E-state index in [0.29, 0.717) is 41.7 Å². The zero-order valence-electron chi connectivity index (χ0n) is 14.0. The van der Waals surface area contributed by atoms with Gasteiger partial charge in [0.2, 0.25) is 5.91 Å². The van der Waals surface area contributed by atoms with Crippen LogP contribution in [0.25, 0.3) is 0 Å². The van der Waals surface area contributed by atoms with Gasteiger partial charge in [0, 0.05) is 12.2 Å². The number of carboxylic acid groups (broad SMARTS) is 1. The van der Waals surface area contributed by atoms with Gasteiger partial charge < -0.3 is 15.2 Å². The zero-order chi connectivity index (χ0) is 18.5. The molecule has 1 aliphatic heterocycles. The number of ether oxygens (including phenoxy) is 1. The van der Waals surface area contributed by atoms with Gasteiger partial charge in [-0.15, -0.1) is 0 Å². The minimum absolute atomic E-state index is 0.171. The normalized spacial score (nSPS) is 17.0. The predicted molar refractivity (Wildman–Crippen MR) is 98.8 cm³/mol. The second kappa shape index (κ2) is 8.21. The number of benzene rings is 2. The summed E-state index contributed by atoms with van der Waals surface area (Å²) in [7, 11) is 0. The van der Waals surface area contributed by atoms with E-state index in [0.717, 1.165) is 0 Å². The van der Waals surface area contributed by atoms with Gasteiger partial charge in [0.1, 0.15) is 11.5 Å². The highest BCUT2D eigenvalue weighted by atomic mass is 35.5. The summed E-state index contributed by atoms with van der Waals surface area (Å²) in [6.45, 7) is 1.21. The fourth-order valence-electron chi connectivity index (χ4n) is 2.84. The van der Waals surface area contributed by atoms with E-state index in [1.807, 2.05) is 17.0 Å². The summed E-state index contributed by atoms with van der Waals surface area (Å²) in [5, 5.41) is 12.3. The Kier molecular flexibility index (Phi) is 5.75. The molecule has 1 atom stereocenters. The Bertz CT molecular complexity index is 794. The van der Waals surface area contributed by atoms with Crippen molar-refractivity contribution in [1.29, 1.82) is 0 Å². The number of hydrogen-bond donors (Lipinski definition) is 2. The Labute approximate surface area is 156 Å². The van der Waals surface area contributed by atoms with Gasteiger partial charge in [-0.25, -0.2) is 0 Å². The first-order chi connectivity index (χ1) is 12.5. The molecule has 6 nitrogen and oxygen atoms in total. The van der Waals surface area contributed by atoms with Gasteiger partial charge in [0.15, 0.2) is 0 Å². The molecule has 0 aliphatic carbocycles. The number of carbonyl (C=O) groups excluding carboxylic acids is 1. The first kappa shape index (κ1) is 18.2. The zero-order valence-corrected chi connectivity index (χ0v) is 14.8. The van der Waals surface area contributed by atoms with Crippen LogP contribution in [0, 0.1) is 5.92 Å². The molecular weight excluding hydrogens is 356 g/mol. The molecule has 1 saturated heterocycles. The van der Waals surface area contributed by atoms with Crippen LogP contribution in [0.3, 0.4) is 0 Å². The lowest BCUT2D eigenvalue weighted by Gasteiger charge is -2.15. The average Bonchev–Trinajstić information content (AvgIpc) is 3.07. The van der Waals surface area contributed by atoms with Crippen molar-refractivity contribution in [3.8, 4) is 11.5 Å². The summed E-state index contributed by atoms with van der Waals surface area (Å²) in [5.74, 6) is -0.185. The molecule has 0 spiro atoms. The van der Waals surface area contributed by atoms with Gasteiger partial charge >= 0.3 is 5.97 Å². The van der Waals surface area contributed by atoms with Gasteiger partial charge in [-0.1, -0.05) is 23.7 Å². The number of nitrogens with one attached hydrogen (secondary N) is 1. The van der Waals surface area contributed by atoms with Gasteiger partial charge in [-0.3, -0.25) is 14.5 Å². The first-order valence-electron chi connectivity index (χ1n) is 8.29. The number of aliphatic carboxylic acids is 1. The van der Waals surface area contributed by atoms with Crippen molar-refractivity contribution in [2.24, 2.45) is 5.92 Å². The number of anilines is 1. The van der Waals surface area contributed by atoms with Crippen molar-refractivity contribution in [1.82, 2.24) is 4.90 Å².